The summed E-state index contributed by atoms with van der Waals surface area (Å²) >= 11 is 0. The van der Waals surface area contributed by atoms with Crippen LogP contribution in [0.4, 0.5) is 0 Å². The first-order valence-electron chi connectivity index (χ1n) is 7.01. The second kappa shape index (κ2) is 6.45. The molecule has 1 aromatic heterocycles. The van der Waals surface area contributed by atoms with Gasteiger partial charge in [0.2, 0.25) is 0 Å². The lowest BCUT2D eigenvalue weighted by Crippen LogP contribution is -2.49. The molecule has 2 atom stereocenters. The van der Waals surface area contributed by atoms with Crippen LogP contribution in [0.15, 0.2) is 6.33 Å². The van der Waals surface area contributed by atoms with Crippen molar-refractivity contribution < 1.29 is 4.74 Å². The average Bonchev–Trinajstić information content (AvgIpc) is 2.82. The zero-order chi connectivity index (χ0) is 13.8. The van der Waals surface area contributed by atoms with Crippen LogP contribution < -0.4 is 5.32 Å². The Kier molecular flexibility index (Phi) is 4.90. The lowest BCUT2D eigenvalue weighted by molar-refractivity contribution is -0.0380. The minimum absolute atomic E-state index is 0.186. The molecule has 0 aromatic carbocycles. The molecule has 19 heavy (non-hydrogen) atoms. The van der Waals surface area contributed by atoms with Gasteiger partial charge in [0.15, 0.2) is 0 Å². The zero-order valence-electron chi connectivity index (χ0n) is 12.3. The summed E-state index contributed by atoms with van der Waals surface area (Å²) in [7, 11) is 1.96. The van der Waals surface area contributed by atoms with Crippen LogP contribution in [0.2, 0.25) is 0 Å². The fraction of sp³-hybridized carbons (Fsp3) is 0.846. The molecule has 108 valence electrons. The van der Waals surface area contributed by atoms with E-state index in [1.165, 1.54) is 0 Å². The van der Waals surface area contributed by atoms with Crippen molar-refractivity contribution in [2.24, 2.45) is 7.05 Å². The molecule has 0 aliphatic carbocycles. The molecule has 1 saturated heterocycles. The molecule has 2 heterocycles. The Morgan fingerprint density at radius 2 is 2.26 bits per heavy atom. The van der Waals surface area contributed by atoms with Crippen molar-refractivity contribution in [1.29, 1.82) is 0 Å². The number of aryl methyl sites for hydroxylation is 1. The smallest absolute Gasteiger partial charge is 0.149 e. The predicted octanol–water partition coefficient (Wildman–Crippen LogP) is 0.575. The molecule has 0 radical (unpaired) electrons. The molecule has 1 fully saturated rings. The number of nitrogens with zero attached hydrogens (tertiary/aromatic N) is 4. The molecule has 0 amide bonds. The predicted molar refractivity (Wildman–Crippen MR) is 73.9 cm³/mol. The van der Waals surface area contributed by atoms with Gasteiger partial charge >= 0.3 is 0 Å². The van der Waals surface area contributed by atoms with Gasteiger partial charge in [0, 0.05) is 32.7 Å². The largest absolute Gasteiger partial charge is 0.374 e. The first-order chi connectivity index (χ1) is 9.08. The minimum Gasteiger partial charge on any atom is -0.374 e. The summed E-state index contributed by atoms with van der Waals surface area (Å²) < 4.78 is 7.75. The Balaban J connectivity index is 1.80. The van der Waals surface area contributed by atoms with Crippen LogP contribution in [-0.4, -0.2) is 58.1 Å². The summed E-state index contributed by atoms with van der Waals surface area (Å²) in [6.45, 7) is 10.3. The van der Waals surface area contributed by atoms with Crippen LogP contribution in [0.25, 0.3) is 0 Å². The summed E-state index contributed by atoms with van der Waals surface area (Å²) in [4.78, 5) is 2.46. The van der Waals surface area contributed by atoms with Crippen molar-refractivity contribution in [3.05, 3.63) is 12.2 Å². The van der Waals surface area contributed by atoms with E-state index in [-0.39, 0.29) is 12.1 Å². The fourth-order valence-corrected chi connectivity index (χ4v) is 2.42. The number of rotatable bonds is 5. The summed E-state index contributed by atoms with van der Waals surface area (Å²) in [5.74, 6) is 0.955. The number of hydrogen-bond acceptors (Lipinski definition) is 5. The standard InChI is InChI=1S/C13H25N5O/c1-10(2)18-5-6-19-12(8-18)7-14-11(3)13-16-15-9-17(13)4/h9-12,14H,5-8H2,1-4H3. The van der Waals surface area contributed by atoms with E-state index in [2.05, 4.69) is 41.2 Å². The third-order valence-corrected chi connectivity index (χ3v) is 3.69. The highest BCUT2D eigenvalue weighted by Crippen LogP contribution is 2.11. The summed E-state index contributed by atoms with van der Waals surface area (Å²) in [5, 5.41) is 11.5. The first-order valence-corrected chi connectivity index (χ1v) is 7.01. The SMILES string of the molecule is CC(NCC1CN(C(C)C)CCO1)c1nncn1C. The molecule has 1 N–H and O–H groups in total. The van der Waals surface area contributed by atoms with Crippen molar-refractivity contribution in [2.75, 3.05) is 26.2 Å². The third kappa shape index (κ3) is 3.75. The van der Waals surface area contributed by atoms with Gasteiger partial charge in [-0.1, -0.05) is 0 Å². The molecule has 2 rings (SSSR count). The molecule has 6 nitrogen and oxygen atoms in total. The zero-order valence-corrected chi connectivity index (χ0v) is 12.3. The second-order valence-electron chi connectivity index (χ2n) is 5.51. The highest BCUT2D eigenvalue weighted by molar-refractivity contribution is 4.92. The van der Waals surface area contributed by atoms with Crippen LogP contribution in [0.3, 0.4) is 0 Å². The fourth-order valence-electron chi connectivity index (χ4n) is 2.42. The van der Waals surface area contributed by atoms with E-state index in [1.54, 1.807) is 6.33 Å². The topological polar surface area (TPSA) is 55.2 Å². The van der Waals surface area contributed by atoms with E-state index >= 15 is 0 Å². The van der Waals surface area contributed by atoms with Gasteiger partial charge in [0.1, 0.15) is 12.2 Å². The normalized spacial score (nSPS) is 22.9. The number of aromatic nitrogens is 3. The number of morpholine rings is 1. The van der Waals surface area contributed by atoms with Gasteiger partial charge in [0.25, 0.3) is 0 Å². The number of nitrogens with one attached hydrogen (secondary N) is 1. The van der Waals surface area contributed by atoms with Crippen molar-refractivity contribution in [1.82, 2.24) is 25.0 Å². The molecule has 0 bridgehead atoms. The van der Waals surface area contributed by atoms with Crippen LogP contribution in [0, 0.1) is 0 Å². The first kappa shape index (κ1) is 14.4. The quantitative estimate of drug-likeness (QED) is 0.845. The Labute approximate surface area is 115 Å². The summed E-state index contributed by atoms with van der Waals surface area (Å²) in [6, 6.07) is 0.771. The highest BCUT2D eigenvalue weighted by atomic mass is 16.5. The van der Waals surface area contributed by atoms with Gasteiger partial charge in [-0.25, -0.2) is 0 Å². The van der Waals surface area contributed by atoms with Crippen LogP contribution in [0.5, 0.6) is 0 Å². The third-order valence-electron chi connectivity index (χ3n) is 3.69. The summed E-state index contributed by atoms with van der Waals surface area (Å²) in [5.41, 5.74) is 0. The van der Waals surface area contributed by atoms with Crippen molar-refractivity contribution in [3.8, 4) is 0 Å². The molecular weight excluding hydrogens is 242 g/mol. The van der Waals surface area contributed by atoms with E-state index in [0.29, 0.717) is 6.04 Å². The van der Waals surface area contributed by atoms with Crippen molar-refractivity contribution in [3.63, 3.8) is 0 Å². The van der Waals surface area contributed by atoms with Gasteiger partial charge < -0.3 is 14.6 Å². The number of hydrogen-bond donors (Lipinski definition) is 1. The van der Waals surface area contributed by atoms with E-state index in [4.69, 9.17) is 4.74 Å². The molecule has 1 aromatic rings. The maximum absolute atomic E-state index is 5.81. The highest BCUT2D eigenvalue weighted by Gasteiger charge is 2.23. The van der Waals surface area contributed by atoms with Gasteiger partial charge in [0.05, 0.1) is 18.8 Å². The molecule has 0 saturated carbocycles. The van der Waals surface area contributed by atoms with Gasteiger partial charge in [-0.2, -0.15) is 0 Å². The van der Waals surface area contributed by atoms with Crippen molar-refractivity contribution >= 4 is 0 Å². The monoisotopic (exact) mass is 267 g/mol. The molecule has 0 spiro atoms. The van der Waals surface area contributed by atoms with E-state index in [9.17, 15) is 0 Å². The maximum atomic E-state index is 5.81. The molecule has 2 unspecified atom stereocenters. The molecule has 1 aliphatic heterocycles. The molecular formula is C13H25N5O. The van der Waals surface area contributed by atoms with Crippen LogP contribution in [-0.2, 0) is 11.8 Å². The maximum Gasteiger partial charge on any atom is 0.149 e. The van der Waals surface area contributed by atoms with Crippen LogP contribution >= 0.6 is 0 Å². The van der Waals surface area contributed by atoms with Gasteiger partial charge in [-0.05, 0) is 20.8 Å². The molecule has 1 aliphatic rings. The van der Waals surface area contributed by atoms with Crippen LogP contribution in [0.1, 0.15) is 32.6 Å². The van der Waals surface area contributed by atoms with Crippen molar-refractivity contribution in [2.45, 2.75) is 39.0 Å². The second-order valence-corrected chi connectivity index (χ2v) is 5.51. The Morgan fingerprint density at radius 3 is 2.89 bits per heavy atom. The van der Waals surface area contributed by atoms with E-state index in [0.717, 1.165) is 32.1 Å². The van der Waals surface area contributed by atoms with Gasteiger partial charge in [-0.3, -0.25) is 4.90 Å². The number of ether oxygens (including phenoxy) is 1. The molecule has 6 heteroatoms. The Bertz CT molecular complexity index is 392. The Morgan fingerprint density at radius 1 is 1.47 bits per heavy atom. The summed E-state index contributed by atoms with van der Waals surface area (Å²) in [6.07, 6.45) is 1.98. The Hall–Kier alpha value is -0.980. The van der Waals surface area contributed by atoms with E-state index in [1.807, 2.05) is 11.6 Å². The van der Waals surface area contributed by atoms with E-state index < -0.39 is 0 Å². The lowest BCUT2D eigenvalue weighted by atomic mass is 10.2. The minimum atomic E-state index is 0.186. The van der Waals surface area contributed by atoms with Gasteiger partial charge in [-0.15, -0.1) is 10.2 Å². The lowest BCUT2D eigenvalue weighted by Gasteiger charge is -2.36. The average molecular weight is 267 g/mol.